The number of piperidine rings is 1. The molecule has 0 saturated carbocycles. The maximum absolute atomic E-state index is 12.6. The molecule has 1 atom stereocenters. The van der Waals surface area contributed by atoms with Crippen LogP contribution in [0.4, 0.5) is 5.13 Å². The van der Waals surface area contributed by atoms with Crippen molar-refractivity contribution in [2.75, 3.05) is 39.1 Å². The standard InChI is InChI=1S/C15H25N3O3S/c1-11-12(22-14(16)17-11)8-13(20)18-6-3-4-15(9-18,10-19)5-7-21-2/h19H,3-10H2,1-2H3,(H2,16,17)/t15-/m0/s1. The number of aliphatic hydroxyl groups is 1. The average Bonchev–Trinajstić information content (AvgIpc) is 2.83. The van der Waals surface area contributed by atoms with E-state index in [2.05, 4.69) is 4.98 Å². The van der Waals surface area contributed by atoms with Gasteiger partial charge in [-0.05, 0) is 26.2 Å². The quantitative estimate of drug-likeness (QED) is 0.820. The Kier molecular flexibility index (Phi) is 5.77. The maximum Gasteiger partial charge on any atom is 0.227 e. The first-order valence-corrected chi connectivity index (χ1v) is 8.41. The summed E-state index contributed by atoms with van der Waals surface area (Å²) in [4.78, 5) is 19.5. The van der Waals surface area contributed by atoms with E-state index < -0.39 is 0 Å². The highest BCUT2D eigenvalue weighted by Gasteiger charge is 2.36. The number of nitrogens with zero attached hydrogens (tertiary/aromatic N) is 2. The SMILES string of the molecule is COCC[C@@]1(CO)CCCN(C(=O)Cc2sc(N)nc2C)C1. The van der Waals surface area contributed by atoms with Crippen molar-refractivity contribution in [1.29, 1.82) is 0 Å². The van der Waals surface area contributed by atoms with Crippen molar-refractivity contribution in [3.8, 4) is 0 Å². The highest BCUT2D eigenvalue weighted by Crippen LogP contribution is 2.33. The summed E-state index contributed by atoms with van der Waals surface area (Å²) in [6.45, 7) is 3.92. The monoisotopic (exact) mass is 327 g/mol. The van der Waals surface area contributed by atoms with E-state index in [9.17, 15) is 9.90 Å². The van der Waals surface area contributed by atoms with Crippen LogP contribution in [0.25, 0.3) is 0 Å². The van der Waals surface area contributed by atoms with Crippen LogP contribution in [0, 0.1) is 12.3 Å². The number of hydrogen-bond donors (Lipinski definition) is 2. The lowest BCUT2D eigenvalue weighted by Gasteiger charge is -2.42. The molecule has 22 heavy (non-hydrogen) atoms. The molecule has 1 amide bonds. The molecule has 0 unspecified atom stereocenters. The second-order valence-electron chi connectivity index (χ2n) is 6.06. The van der Waals surface area contributed by atoms with E-state index in [1.807, 2.05) is 11.8 Å². The number of methoxy groups -OCH3 is 1. The third-order valence-corrected chi connectivity index (χ3v) is 5.39. The molecule has 1 fully saturated rings. The van der Waals surface area contributed by atoms with Gasteiger partial charge >= 0.3 is 0 Å². The number of thiazole rings is 1. The minimum Gasteiger partial charge on any atom is -0.396 e. The largest absolute Gasteiger partial charge is 0.396 e. The third kappa shape index (κ3) is 3.97. The molecule has 0 aliphatic carbocycles. The molecule has 1 aliphatic heterocycles. The number of aryl methyl sites for hydroxylation is 1. The fourth-order valence-corrected chi connectivity index (χ4v) is 3.84. The Morgan fingerprint density at radius 3 is 2.95 bits per heavy atom. The zero-order chi connectivity index (χ0) is 16.2. The molecular formula is C15H25N3O3S. The van der Waals surface area contributed by atoms with Gasteiger partial charge in [0.05, 0.1) is 18.7 Å². The Hall–Kier alpha value is -1.18. The lowest BCUT2D eigenvalue weighted by molar-refractivity contribution is -0.135. The lowest BCUT2D eigenvalue weighted by Crippen LogP contribution is -2.48. The zero-order valence-corrected chi connectivity index (χ0v) is 14.1. The number of aliphatic hydroxyl groups excluding tert-OH is 1. The molecule has 1 aromatic rings. The zero-order valence-electron chi connectivity index (χ0n) is 13.3. The Balaban J connectivity index is 2.01. The van der Waals surface area contributed by atoms with Gasteiger partial charge < -0.3 is 20.5 Å². The fourth-order valence-electron chi connectivity index (χ4n) is 3.02. The predicted molar refractivity (Wildman–Crippen MR) is 86.8 cm³/mol. The van der Waals surface area contributed by atoms with Crippen molar-refractivity contribution in [2.45, 2.75) is 32.6 Å². The number of hydrogen-bond acceptors (Lipinski definition) is 6. The van der Waals surface area contributed by atoms with E-state index >= 15 is 0 Å². The van der Waals surface area contributed by atoms with Crippen LogP contribution in [0.5, 0.6) is 0 Å². The van der Waals surface area contributed by atoms with Gasteiger partial charge in [0, 0.05) is 37.1 Å². The Morgan fingerprint density at radius 2 is 2.36 bits per heavy atom. The van der Waals surface area contributed by atoms with Crippen LogP contribution in [0.3, 0.4) is 0 Å². The molecule has 0 radical (unpaired) electrons. The van der Waals surface area contributed by atoms with Crippen molar-refractivity contribution in [3.63, 3.8) is 0 Å². The summed E-state index contributed by atoms with van der Waals surface area (Å²) in [6, 6.07) is 0. The molecule has 1 saturated heterocycles. The van der Waals surface area contributed by atoms with E-state index in [0.717, 1.165) is 36.4 Å². The molecule has 2 heterocycles. The summed E-state index contributed by atoms with van der Waals surface area (Å²) in [6.07, 6.45) is 2.96. The summed E-state index contributed by atoms with van der Waals surface area (Å²) < 4.78 is 5.15. The van der Waals surface area contributed by atoms with Gasteiger partial charge in [0.15, 0.2) is 5.13 Å². The van der Waals surface area contributed by atoms with Gasteiger partial charge in [-0.3, -0.25) is 4.79 Å². The summed E-state index contributed by atoms with van der Waals surface area (Å²) in [5.41, 5.74) is 6.29. The molecule has 1 aromatic heterocycles. The Morgan fingerprint density at radius 1 is 1.59 bits per heavy atom. The summed E-state index contributed by atoms with van der Waals surface area (Å²) >= 11 is 1.38. The summed E-state index contributed by atoms with van der Waals surface area (Å²) in [7, 11) is 1.66. The number of anilines is 1. The number of nitrogens with two attached hydrogens (primary N) is 1. The molecule has 3 N–H and O–H groups in total. The smallest absolute Gasteiger partial charge is 0.227 e. The van der Waals surface area contributed by atoms with Crippen LogP contribution in [0.1, 0.15) is 29.8 Å². The molecule has 1 aliphatic rings. The van der Waals surface area contributed by atoms with E-state index in [1.54, 1.807) is 7.11 Å². The van der Waals surface area contributed by atoms with Crippen molar-refractivity contribution < 1.29 is 14.6 Å². The number of amides is 1. The maximum atomic E-state index is 12.6. The van der Waals surface area contributed by atoms with Crippen LogP contribution in [0.15, 0.2) is 0 Å². The predicted octanol–water partition coefficient (Wildman–Crippen LogP) is 1.21. The topological polar surface area (TPSA) is 88.7 Å². The van der Waals surface area contributed by atoms with Gasteiger partial charge in [0.2, 0.25) is 5.91 Å². The number of aromatic nitrogens is 1. The summed E-state index contributed by atoms with van der Waals surface area (Å²) in [5.74, 6) is 0.0849. The molecule has 0 spiro atoms. The van der Waals surface area contributed by atoms with E-state index in [-0.39, 0.29) is 17.9 Å². The second kappa shape index (κ2) is 7.39. The minimum atomic E-state index is -0.230. The van der Waals surface area contributed by atoms with Crippen LogP contribution in [-0.2, 0) is 16.0 Å². The molecule has 124 valence electrons. The number of carbonyl (C=O) groups excluding carboxylic acids is 1. The highest BCUT2D eigenvalue weighted by molar-refractivity contribution is 7.15. The van der Waals surface area contributed by atoms with Gasteiger partial charge in [-0.15, -0.1) is 11.3 Å². The van der Waals surface area contributed by atoms with E-state index in [1.165, 1.54) is 11.3 Å². The van der Waals surface area contributed by atoms with Crippen molar-refractivity contribution in [2.24, 2.45) is 5.41 Å². The van der Waals surface area contributed by atoms with Gasteiger partial charge in [0.1, 0.15) is 0 Å². The van der Waals surface area contributed by atoms with Gasteiger partial charge in [-0.2, -0.15) is 0 Å². The van der Waals surface area contributed by atoms with Crippen LogP contribution < -0.4 is 5.73 Å². The van der Waals surface area contributed by atoms with Crippen LogP contribution in [-0.4, -0.2) is 54.3 Å². The van der Waals surface area contributed by atoms with Gasteiger partial charge in [-0.25, -0.2) is 4.98 Å². The number of rotatable bonds is 6. The summed E-state index contributed by atoms with van der Waals surface area (Å²) in [5, 5.41) is 10.3. The minimum absolute atomic E-state index is 0.0849. The number of carbonyl (C=O) groups is 1. The van der Waals surface area contributed by atoms with E-state index in [4.69, 9.17) is 10.5 Å². The molecule has 6 nitrogen and oxygen atoms in total. The first kappa shape index (κ1) is 17.2. The van der Waals surface area contributed by atoms with Gasteiger partial charge in [0.25, 0.3) is 0 Å². The van der Waals surface area contributed by atoms with Crippen LogP contribution in [0.2, 0.25) is 0 Å². The molecule has 0 aromatic carbocycles. The number of ether oxygens (including phenoxy) is 1. The third-order valence-electron chi connectivity index (χ3n) is 4.41. The molecular weight excluding hydrogens is 302 g/mol. The van der Waals surface area contributed by atoms with E-state index in [0.29, 0.717) is 24.7 Å². The van der Waals surface area contributed by atoms with Crippen molar-refractivity contribution in [1.82, 2.24) is 9.88 Å². The van der Waals surface area contributed by atoms with Crippen LogP contribution >= 0.6 is 11.3 Å². The normalized spacial score (nSPS) is 22.0. The molecule has 0 bridgehead atoms. The average molecular weight is 327 g/mol. The second-order valence-corrected chi connectivity index (χ2v) is 7.17. The Bertz CT molecular complexity index is 520. The molecule has 7 heteroatoms. The number of nitrogen functional groups attached to an aromatic ring is 1. The highest BCUT2D eigenvalue weighted by atomic mass is 32.1. The Labute approximate surface area is 135 Å². The number of likely N-dealkylation sites (tertiary alicyclic amines) is 1. The lowest BCUT2D eigenvalue weighted by atomic mass is 9.78. The van der Waals surface area contributed by atoms with Gasteiger partial charge in [-0.1, -0.05) is 0 Å². The van der Waals surface area contributed by atoms with Crippen molar-refractivity contribution in [3.05, 3.63) is 10.6 Å². The van der Waals surface area contributed by atoms with Crippen molar-refractivity contribution >= 4 is 22.4 Å². The first-order chi connectivity index (χ1) is 10.5. The first-order valence-electron chi connectivity index (χ1n) is 7.59. The molecule has 2 rings (SSSR count). The fraction of sp³-hybridized carbons (Fsp3) is 0.733.